The van der Waals surface area contributed by atoms with E-state index in [9.17, 15) is 22.8 Å². The Morgan fingerprint density at radius 3 is 2.48 bits per heavy atom. The fourth-order valence-electron chi connectivity index (χ4n) is 3.02. The highest BCUT2D eigenvalue weighted by molar-refractivity contribution is 5.96. The molecule has 0 unspecified atom stereocenters. The minimum Gasteiger partial charge on any atom is -0.352 e. The number of anilines is 1. The van der Waals surface area contributed by atoms with Crippen molar-refractivity contribution in [2.45, 2.75) is 26.4 Å². The maximum Gasteiger partial charge on any atom is 0.416 e. The Morgan fingerprint density at radius 1 is 1.03 bits per heavy atom. The van der Waals surface area contributed by atoms with Crippen LogP contribution in [0.1, 0.15) is 33.6 Å². The van der Waals surface area contributed by atoms with Crippen molar-refractivity contribution in [2.75, 3.05) is 11.9 Å². The Morgan fingerprint density at radius 2 is 1.77 bits per heavy atom. The molecule has 0 aliphatic heterocycles. The molecule has 0 saturated heterocycles. The molecule has 3 aromatic rings. The van der Waals surface area contributed by atoms with Crippen molar-refractivity contribution < 1.29 is 22.8 Å². The van der Waals surface area contributed by atoms with Gasteiger partial charge < -0.3 is 10.6 Å². The van der Waals surface area contributed by atoms with E-state index in [1.807, 2.05) is 19.1 Å². The lowest BCUT2D eigenvalue weighted by Gasteiger charge is -2.12. The van der Waals surface area contributed by atoms with Crippen LogP contribution in [0.2, 0.25) is 0 Å². The van der Waals surface area contributed by atoms with Gasteiger partial charge in [-0.3, -0.25) is 9.59 Å². The van der Waals surface area contributed by atoms with Gasteiger partial charge in [-0.2, -0.15) is 18.3 Å². The zero-order valence-electron chi connectivity index (χ0n) is 17.0. The first-order chi connectivity index (χ1) is 14.6. The quantitative estimate of drug-likeness (QED) is 0.613. The Balaban J connectivity index is 1.65. The van der Waals surface area contributed by atoms with Crippen molar-refractivity contribution >= 4 is 17.6 Å². The second kappa shape index (κ2) is 9.03. The maximum atomic E-state index is 13.0. The van der Waals surface area contributed by atoms with Crippen molar-refractivity contribution in [2.24, 2.45) is 0 Å². The van der Waals surface area contributed by atoms with Gasteiger partial charge in [-0.15, -0.1) is 0 Å². The number of carbonyl (C=O) groups excluding carboxylic acids is 2. The fourth-order valence-corrected chi connectivity index (χ4v) is 3.02. The first kappa shape index (κ1) is 22.1. The highest BCUT2D eigenvalue weighted by Crippen LogP contribution is 2.31. The number of halogens is 3. The van der Waals surface area contributed by atoms with Crippen molar-refractivity contribution in [3.05, 3.63) is 77.0 Å². The third kappa shape index (κ3) is 5.50. The molecule has 2 amide bonds. The molecule has 6 nitrogen and oxygen atoms in total. The lowest BCUT2D eigenvalue weighted by atomic mass is 10.1. The van der Waals surface area contributed by atoms with E-state index in [1.54, 1.807) is 25.1 Å². The van der Waals surface area contributed by atoms with Crippen LogP contribution in [0.25, 0.3) is 5.69 Å². The van der Waals surface area contributed by atoms with Gasteiger partial charge in [-0.1, -0.05) is 24.3 Å². The van der Waals surface area contributed by atoms with E-state index >= 15 is 0 Å². The number of aromatic nitrogens is 2. The zero-order chi connectivity index (χ0) is 22.6. The normalized spacial score (nSPS) is 11.3. The summed E-state index contributed by atoms with van der Waals surface area (Å²) in [4.78, 5) is 24.5. The largest absolute Gasteiger partial charge is 0.416 e. The SMILES string of the molecule is Cc1cc(NC(=O)CCNC(=O)c2ccccc2C)n(-c2cccc(C(F)(F)F)c2)n1. The summed E-state index contributed by atoms with van der Waals surface area (Å²) < 4.78 is 40.3. The molecule has 0 radical (unpaired) electrons. The van der Waals surface area contributed by atoms with E-state index in [0.717, 1.165) is 17.7 Å². The van der Waals surface area contributed by atoms with E-state index in [0.29, 0.717) is 11.3 Å². The Bertz CT molecular complexity index is 1110. The fraction of sp³-hybridized carbons (Fsp3) is 0.227. The number of hydrogen-bond donors (Lipinski definition) is 2. The molecule has 3 rings (SSSR count). The molecule has 2 aromatic carbocycles. The summed E-state index contributed by atoms with van der Waals surface area (Å²) in [6.07, 6.45) is -4.50. The molecule has 9 heteroatoms. The summed E-state index contributed by atoms with van der Waals surface area (Å²) in [7, 11) is 0. The predicted octanol–water partition coefficient (Wildman–Crippen LogP) is 4.27. The first-order valence-electron chi connectivity index (χ1n) is 9.53. The van der Waals surface area contributed by atoms with E-state index < -0.39 is 17.6 Å². The van der Waals surface area contributed by atoms with Gasteiger partial charge in [0, 0.05) is 24.6 Å². The van der Waals surface area contributed by atoms with Crippen LogP contribution in [0.3, 0.4) is 0 Å². The molecule has 31 heavy (non-hydrogen) atoms. The standard InChI is InChI=1S/C22H21F3N4O2/c1-14-6-3-4-9-18(14)21(31)26-11-10-20(30)27-19-12-15(2)28-29(19)17-8-5-7-16(13-17)22(23,24)25/h3-9,12-13H,10-11H2,1-2H3,(H,26,31)(H,27,30). The van der Waals surface area contributed by atoms with Gasteiger partial charge in [0.25, 0.3) is 5.91 Å². The molecule has 0 fully saturated rings. The number of nitrogens with zero attached hydrogens (tertiary/aromatic N) is 2. The summed E-state index contributed by atoms with van der Waals surface area (Å²) in [5.74, 6) is -0.444. The van der Waals surface area contributed by atoms with Gasteiger partial charge in [0.2, 0.25) is 5.91 Å². The van der Waals surface area contributed by atoms with Crippen LogP contribution in [0.15, 0.2) is 54.6 Å². The highest BCUT2D eigenvalue weighted by Gasteiger charge is 2.30. The van der Waals surface area contributed by atoms with Gasteiger partial charge in [0.05, 0.1) is 16.9 Å². The molecular weight excluding hydrogens is 409 g/mol. The third-order valence-electron chi connectivity index (χ3n) is 4.54. The Labute approximate surface area is 177 Å². The van der Waals surface area contributed by atoms with E-state index in [-0.39, 0.29) is 30.4 Å². The first-order valence-corrected chi connectivity index (χ1v) is 9.53. The lowest BCUT2D eigenvalue weighted by molar-refractivity contribution is -0.137. The van der Waals surface area contributed by atoms with E-state index in [4.69, 9.17) is 0 Å². The predicted molar refractivity (Wildman–Crippen MR) is 110 cm³/mol. The van der Waals surface area contributed by atoms with E-state index in [2.05, 4.69) is 15.7 Å². The molecule has 0 atom stereocenters. The van der Waals surface area contributed by atoms with Crippen molar-refractivity contribution in [1.82, 2.24) is 15.1 Å². The molecule has 2 N–H and O–H groups in total. The van der Waals surface area contributed by atoms with Crippen LogP contribution in [-0.4, -0.2) is 28.1 Å². The number of rotatable bonds is 6. The van der Waals surface area contributed by atoms with Crippen LogP contribution in [-0.2, 0) is 11.0 Å². The van der Waals surface area contributed by atoms with Gasteiger partial charge in [0.1, 0.15) is 5.82 Å². The van der Waals surface area contributed by atoms with Crippen molar-refractivity contribution in [3.8, 4) is 5.69 Å². The molecule has 0 aliphatic rings. The lowest BCUT2D eigenvalue weighted by Crippen LogP contribution is -2.28. The van der Waals surface area contributed by atoms with Crippen LogP contribution >= 0.6 is 0 Å². The minimum absolute atomic E-state index is 0.00948. The van der Waals surface area contributed by atoms with Gasteiger partial charge in [0.15, 0.2) is 0 Å². The molecule has 1 heterocycles. The van der Waals surface area contributed by atoms with Crippen LogP contribution in [0, 0.1) is 13.8 Å². The van der Waals surface area contributed by atoms with Crippen LogP contribution in [0.4, 0.5) is 19.0 Å². The third-order valence-corrected chi connectivity index (χ3v) is 4.54. The monoisotopic (exact) mass is 430 g/mol. The molecule has 162 valence electrons. The number of hydrogen-bond acceptors (Lipinski definition) is 3. The molecule has 0 saturated carbocycles. The molecule has 0 spiro atoms. The number of nitrogens with one attached hydrogen (secondary N) is 2. The molecule has 1 aromatic heterocycles. The van der Waals surface area contributed by atoms with Crippen LogP contribution < -0.4 is 10.6 Å². The maximum absolute atomic E-state index is 13.0. The summed E-state index contributed by atoms with van der Waals surface area (Å²) in [6.45, 7) is 3.59. The summed E-state index contributed by atoms with van der Waals surface area (Å²) in [5.41, 5.74) is 1.24. The number of aryl methyl sites for hydroxylation is 2. The average molecular weight is 430 g/mol. The highest BCUT2D eigenvalue weighted by atomic mass is 19.4. The molecular formula is C22H21F3N4O2. The van der Waals surface area contributed by atoms with Gasteiger partial charge >= 0.3 is 6.18 Å². The second-order valence-electron chi connectivity index (χ2n) is 7.00. The summed E-state index contributed by atoms with van der Waals surface area (Å²) in [6, 6.07) is 13.3. The Kier molecular flexibility index (Phi) is 6.43. The minimum atomic E-state index is -4.49. The summed E-state index contributed by atoms with van der Waals surface area (Å²) >= 11 is 0. The van der Waals surface area contributed by atoms with Gasteiger partial charge in [-0.05, 0) is 43.7 Å². The molecule has 0 aliphatic carbocycles. The number of alkyl halides is 3. The second-order valence-corrected chi connectivity index (χ2v) is 7.00. The Hall–Kier alpha value is -3.62. The van der Waals surface area contributed by atoms with Crippen molar-refractivity contribution in [1.29, 1.82) is 0 Å². The van der Waals surface area contributed by atoms with Crippen LogP contribution in [0.5, 0.6) is 0 Å². The molecule has 0 bridgehead atoms. The smallest absolute Gasteiger partial charge is 0.352 e. The number of benzene rings is 2. The van der Waals surface area contributed by atoms with Gasteiger partial charge in [-0.25, -0.2) is 4.68 Å². The summed E-state index contributed by atoms with van der Waals surface area (Å²) in [5, 5.41) is 9.51. The topological polar surface area (TPSA) is 76.0 Å². The average Bonchev–Trinajstić information content (AvgIpc) is 3.07. The zero-order valence-corrected chi connectivity index (χ0v) is 17.0. The van der Waals surface area contributed by atoms with E-state index in [1.165, 1.54) is 16.8 Å². The number of amides is 2. The van der Waals surface area contributed by atoms with Crippen molar-refractivity contribution in [3.63, 3.8) is 0 Å². The number of carbonyl (C=O) groups is 2.